The molecule has 0 aromatic carbocycles. The summed E-state index contributed by atoms with van der Waals surface area (Å²) in [6, 6.07) is 0.298. The van der Waals surface area contributed by atoms with E-state index in [4.69, 9.17) is 5.73 Å². The molecular formula is C14H22N4. The molecule has 2 N–H and O–H groups in total. The number of rotatable bonds is 2. The van der Waals surface area contributed by atoms with Crippen molar-refractivity contribution in [2.45, 2.75) is 57.5 Å². The van der Waals surface area contributed by atoms with E-state index in [2.05, 4.69) is 14.8 Å². The van der Waals surface area contributed by atoms with Crippen LogP contribution in [-0.4, -0.2) is 20.8 Å². The van der Waals surface area contributed by atoms with Crippen LogP contribution < -0.4 is 5.73 Å². The van der Waals surface area contributed by atoms with Crippen molar-refractivity contribution in [1.82, 2.24) is 14.8 Å². The number of nitrogens with two attached hydrogens (primary N) is 1. The normalized spacial score (nSPS) is 38.1. The van der Waals surface area contributed by atoms with Crippen molar-refractivity contribution in [1.29, 1.82) is 0 Å². The summed E-state index contributed by atoms with van der Waals surface area (Å²) in [6.07, 6.45) is 9.04. The first kappa shape index (κ1) is 11.0. The Hall–Kier alpha value is -0.900. The third kappa shape index (κ3) is 1.69. The summed E-state index contributed by atoms with van der Waals surface area (Å²) in [6.45, 7) is 0.929. The zero-order valence-corrected chi connectivity index (χ0v) is 10.9. The maximum Gasteiger partial charge on any atom is 0.133 e. The number of aromatic nitrogens is 3. The number of nitrogens with zero attached hydrogens (tertiary/aromatic N) is 3. The molecule has 98 valence electrons. The second-order valence-electron chi connectivity index (χ2n) is 6.58. The minimum Gasteiger partial charge on any atom is -0.326 e. The highest BCUT2D eigenvalue weighted by Gasteiger charge is 2.40. The third-order valence-electron chi connectivity index (χ3n) is 5.39. The molecule has 0 saturated heterocycles. The number of aryl methyl sites for hydroxylation is 1. The van der Waals surface area contributed by atoms with Gasteiger partial charge in [-0.05, 0) is 43.4 Å². The second kappa shape index (κ2) is 4.05. The van der Waals surface area contributed by atoms with Gasteiger partial charge >= 0.3 is 0 Å². The maximum absolute atomic E-state index is 6.07. The van der Waals surface area contributed by atoms with Crippen molar-refractivity contribution in [3.8, 4) is 0 Å². The Balaban J connectivity index is 1.53. The molecule has 0 amide bonds. The summed E-state index contributed by atoms with van der Waals surface area (Å²) >= 11 is 0. The molecule has 4 heteroatoms. The predicted molar refractivity (Wildman–Crippen MR) is 69.0 cm³/mol. The highest BCUT2D eigenvalue weighted by molar-refractivity contribution is 5.04. The smallest absolute Gasteiger partial charge is 0.133 e. The zero-order chi connectivity index (χ0) is 12.1. The standard InChI is InChI=1S/C14H22N4/c15-12-3-4-13-16-17-14(18(13)8-12)7-11-6-9-1-2-10(11)5-9/h9-12H,1-8,15H2. The van der Waals surface area contributed by atoms with Crippen LogP contribution in [0.5, 0.6) is 0 Å². The van der Waals surface area contributed by atoms with Crippen LogP contribution in [0.15, 0.2) is 0 Å². The lowest BCUT2D eigenvalue weighted by Gasteiger charge is -2.24. The quantitative estimate of drug-likeness (QED) is 0.861. The van der Waals surface area contributed by atoms with Crippen molar-refractivity contribution >= 4 is 0 Å². The van der Waals surface area contributed by atoms with Crippen LogP contribution in [0.25, 0.3) is 0 Å². The van der Waals surface area contributed by atoms with Crippen LogP contribution in [0.2, 0.25) is 0 Å². The Morgan fingerprint density at radius 2 is 2.11 bits per heavy atom. The molecule has 4 rings (SSSR count). The highest BCUT2D eigenvalue weighted by atomic mass is 15.3. The predicted octanol–water partition coefficient (Wildman–Crippen LogP) is 1.53. The monoisotopic (exact) mass is 246 g/mol. The minimum atomic E-state index is 0.298. The van der Waals surface area contributed by atoms with Crippen LogP contribution in [0, 0.1) is 17.8 Å². The Kier molecular flexibility index (Phi) is 2.47. The fraction of sp³-hybridized carbons (Fsp3) is 0.857. The second-order valence-corrected chi connectivity index (χ2v) is 6.58. The summed E-state index contributed by atoms with van der Waals surface area (Å²) in [5.41, 5.74) is 6.07. The molecule has 2 fully saturated rings. The molecule has 2 saturated carbocycles. The molecule has 1 aromatic heterocycles. The fourth-order valence-corrected chi connectivity index (χ4v) is 4.42. The van der Waals surface area contributed by atoms with Gasteiger partial charge in [-0.3, -0.25) is 0 Å². The highest BCUT2D eigenvalue weighted by Crippen LogP contribution is 2.49. The van der Waals surface area contributed by atoms with Crippen LogP contribution >= 0.6 is 0 Å². The molecular weight excluding hydrogens is 224 g/mol. The molecule has 0 radical (unpaired) electrons. The zero-order valence-electron chi connectivity index (χ0n) is 10.9. The van der Waals surface area contributed by atoms with Crippen molar-refractivity contribution in [3.05, 3.63) is 11.6 Å². The van der Waals surface area contributed by atoms with Gasteiger partial charge in [0.15, 0.2) is 0 Å². The van der Waals surface area contributed by atoms with Crippen LogP contribution in [-0.2, 0) is 19.4 Å². The Labute approximate surface area is 108 Å². The molecule has 1 aliphatic heterocycles. The van der Waals surface area contributed by atoms with E-state index in [-0.39, 0.29) is 0 Å². The first-order chi connectivity index (χ1) is 8.79. The maximum atomic E-state index is 6.07. The van der Waals surface area contributed by atoms with E-state index in [0.717, 1.165) is 49.4 Å². The first-order valence-electron chi connectivity index (χ1n) is 7.46. The number of fused-ring (bicyclic) bond motifs is 3. The lowest BCUT2D eigenvalue weighted by Crippen LogP contribution is -2.33. The van der Waals surface area contributed by atoms with Crippen LogP contribution in [0.3, 0.4) is 0 Å². The Bertz CT molecular complexity index is 453. The Morgan fingerprint density at radius 3 is 2.89 bits per heavy atom. The number of hydrogen-bond donors (Lipinski definition) is 1. The van der Waals surface area contributed by atoms with Gasteiger partial charge in [0.25, 0.3) is 0 Å². The molecule has 2 heterocycles. The average molecular weight is 246 g/mol. The molecule has 2 bridgehead atoms. The van der Waals surface area contributed by atoms with Gasteiger partial charge in [-0.15, -0.1) is 10.2 Å². The lowest BCUT2D eigenvalue weighted by atomic mass is 9.86. The largest absolute Gasteiger partial charge is 0.326 e. The summed E-state index contributed by atoms with van der Waals surface area (Å²) in [5.74, 6) is 5.23. The van der Waals surface area contributed by atoms with Gasteiger partial charge in [0.2, 0.25) is 0 Å². The van der Waals surface area contributed by atoms with Crippen molar-refractivity contribution in [2.24, 2.45) is 23.5 Å². The van der Waals surface area contributed by atoms with Crippen molar-refractivity contribution < 1.29 is 0 Å². The van der Waals surface area contributed by atoms with E-state index >= 15 is 0 Å². The summed E-state index contributed by atoms with van der Waals surface area (Å²) in [4.78, 5) is 0. The summed E-state index contributed by atoms with van der Waals surface area (Å²) < 4.78 is 2.31. The molecule has 4 nitrogen and oxygen atoms in total. The molecule has 3 aliphatic rings. The number of hydrogen-bond acceptors (Lipinski definition) is 3. The molecule has 4 atom stereocenters. The van der Waals surface area contributed by atoms with Crippen LogP contribution in [0.4, 0.5) is 0 Å². The third-order valence-corrected chi connectivity index (χ3v) is 5.39. The van der Waals surface area contributed by atoms with E-state index in [1.165, 1.54) is 31.5 Å². The van der Waals surface area contributed by atoms with Gasteiger partial charge in [-0.1, -0.05) is 6.42 Å². The minimum absolute atomic E-state index is 0.298. The van der Waals surface area contributed by atoms with E-state index in [1.807, 2.05) is 0 Å². The first-order valence-corrected chi connectivity index (χ1v) is 7.46. The summed E-state index contributed by atoms with van der Waals surface area (Å²) in [7, 11) is 0. The van der Waals surface area contributed by atoms with E-state index in [0.29, 0.717) is 6.04 Å². The van der Waals surface area contributed by atoms with Gasteiger partial charge in [0, 0.05) is 25.4 Å². The molecule has 4 unspecified atom stereocenters. The van der Waals surface area contributed by atoms with E-state index < -0.39 is 0 Å². The average Bonchev–Trinajstić information content (AvgIpc) is 3.05. The van der Waals surface area contributed by atoms with Crippen molar-refractivity contribution in [2.75, 3.05) is 0 Å². The van der Waals surface area contributed by atoms with Gasteiger partial charge < -0.3 is 10.3 Å². The van der Waals surface area contributed by atoms with Crippen LogP contribution in [0.1, 0.15) is 43.8 Å². The van der Waals surface area contributed by atoms with Crippen molar-refractivity contribution in [3.63, 3.8) is 0 Å². The Morgan fingerprint density at radius 1 is 1.17 bits per heavy atom. The molecule has 2 aliphatic carbocycles. The topological polar surface area (TPSA) is 56.7 Å². The SMILES string of the molecule is NC1CCc2nnc(CC3CC4CCC3C4)n2C1. The van der Waals surface area contributed by atoms with E-state index in [1.54, 1.807) is 0 Å². The molecule has 18 heavy (non-hydrogen) atoms. The summed E-state index contributed by atoms with van der Waals surface area (Å²) in [5, 5.41) is 8.79. The van der Waals surface area contributed by atoms with Gasteiger partial charge in [-0.2, -0.15) is 0 Å². The van der Waals surface area contributed by atoms with E-state index in [9.17, 15) is 0 Å². The van der Waals surface area contributed by atoms with Gasteiger partial charge in [-0.25, -0.2) is 0 Å². The van der Waals surface area contributed by atoms with Gasteiger partial charge in [0.1, 0.15) is 11.6 Å². The fourth-order valence-electron chi connectivity index (χ4n) is 4.42. The lowest BCUT2D eigenvalue weighted by molar-refractivity contribution is 0.319. The molecule has 0 spiro atoms. The molecule has 1 aromatic rings. The van der Waals surface area contributed by atoms with Gasteiger partial charge in [0.05, 0.1) is 0 Å².